The molecule has 0 amide bonds. The first-order valence-electron chi connectivity index (χ1n) is 8.10. The Kier molecular flexibility index (Phi) is 4.49. The van der Waals surface area contributed by atoms with Crippen LogP contribution in [0.3, 0.4) is 0 Å². The van der Waals surface area contributed by atoms with Crippen LogP contribution in [-0.2, 0) is 4.74 Å². The lowest BCUT2D eigenvalue weighted by Gasteiger charge is -2.21. The lowest BCUT2D eigenvalue weighted by molar-refractivity contribution is -0.0849. The minimum atomic E-state index is -1.43. The molecule has 10 heteroatoms. The van der Waals surface area contributed by atoms with E-state index in [0.717, 1.165) is 12.5 Å². The molecule has 1 saturated heterocycles. The summed E-state index contributed by atoms with van der Waals surface area (Å²) < 4.78 is 21.2. The maximum absolute atomic E-state index is 14.3. The zero-order valence-corrected chi connectivity index (χ0v) is 14.5. The Balaban J connectivity index is 1.68. The SMILES string of the molecule is Nc1ncnc2c1c(F)cn2[C@@H]1O[C@H](C(O)c2ccc(Cl)cc2)[C@@H](O)[C@H]1O. The van der Waals surface area contributed by atoms with Gasteiger partial charge in [-0.05, 0) is 17.7 Å². The molecule has 4 rings (SSSR count). The Morgan fingerprint density at radius 1 is 1.19 bits per heavy atom. The molecule has 5 N–H and O–H groups in total. The second-order valence-corrected chi connectivity index (χ2v) is 6.75. The van der Waals surface area contributed by atoms with Crippen LogP contribution >= 0.6 is 11.6 Å². The van der Waals surface area contributed by atoms with Gasteiger partial charge in [0.2, 0.25) is 0 Å². The van der Waals surface area contributed by atoms with Gasteiger partial charge in [0, 0.05) is 11.2 Å². The van der Waals surface area contributed by atoms with Gasteiger partial charge in [0.1, 0.15) is 36.6 Å². The number of aromatic nitrogens is 3. The molecule has 3 aromatic rings. The third-order valence-electron chi connectivity index (χ3n) is 4.66. The second-order valence-electron chi connectivity index (χ2n) is 6.31. The second kappa shape index (κ2) is 6.70. The summed E-state index contributed by atoms with van der Waals surface area (Å²) in [5, 5.41) is 31.9. The van der Waals surface area contributed by atoms with E-state index >= 15 is 0 Å². The number of aliphatic hydroxyl groups excluding tert-OH is 3. The molecule has 1 fully saturated rings. The fourth-order valence-electron chi connectivity index (χ4n) is 3.28. The summed E-state index contributed by atoms with van der Waals surface area (Å²) in [4.78, 5) is 7.73. The van der Waals surface area contributed by atoms with Crippen LogP contribution in [-0.4, -0.2) is 48.2 Å². The summed E-state index contributed by atoms with van der Waals surface area (Å²) in [5.41, 5.74) is 6.25. The lowest BCUT2D eigenvalue weighted by Crippen LogP contribution is -2.34. The van der Waals surface area contributed by atoms with E-state index in [1.807, 2.05) is 0 Å². The van der Waals surface area contributed by atoms with Gasteiger partial charge < -0.3 is 30.4 Å². The van der Waals surface area contributed by atoms with Crippen LogP contribution in [0.1, 0.15) is 17.9 Å². The molecule has 1 aliphatic rings. The molecule has 0 saturated carbocycles. The number of benzene rings is 1. The number of aliphatic hydroxyl groups is 3. The number of halogens is 2. The molecule has 0 radical (unpaired) electrons. The van der Waals surface area contributed by atoms with Crippen molar-refractivity contribution in [2.45, 2.75) is 30.6 Å². The van der Waals surface area contributed by atoms with E-state index in [4.69, 9.17) is 22.1 Å². The smallest absolute Gasteiger partial charge is 0.164 e. The monoisotopic (exact) mass is 394 g/mol. The molecule has 142 valence electrons. The molecule has 1 aromatic carbocycles. The van der Waals surface area contributed by atoms with Crippen LogP contribution in [0.5, 0.6) is 0 Å². The first-order valence-corrected chi connectivity index (χ1v) is 8.48. The van der Waals surface area contributed by atoms with Crippen molar-refractivity contribution in [1.82, 2.24) is 14.5 Å². The number of nitrogens with two attached hydrogens (primary N) is 1. The van der Waals surface area contributed by atoms with Gasteiger partial charge in [0.25, 0.3) is 0 Å². The Morgan fingerprint density at radius 3 is 2.59 bits per heavy atom. The van der Waals surface area contributed by atoms with E-state index in [1.165, 1.54) is 4.57 Å². The molecule has 0 spiro atoms. The fourth-order valence-corrected chi connectivity index (χ4v) is 3.41. The molecular weight excluding hydrogens is 379 g/mol. The number of ether oxygens (including phenoxy) is 1. The molecule has 8 nitrogen and oxygen atoms in total. The van der Waals surface area contributed by atoms with Crippen molar-refractivity contribution in [2.75, 3.05) is 5.73 Å². The molecule has 1 unspecified atom stereocenters. The lowest BCUT2D eigenvalue weighted by atomic mass is 9.99. The number of anilines is 1. The maximum Gasteiger partial charge on any atom is 0.164 e. The minimum Gasteiger partial charge on any atom is -0.387 e. The number of nitrogen functional groups attached to an aromatic ring is 1. The molecule has 1 aliphatic heterocycles. The summed E-state index contributed by atoms with van der Waals surface area (Å²) in [6.45, 7) is 0. The van der Waals surface area contributed by atoms with Gasteiger partial charge in [-0.15, -0.1) is 0 Å². The predicted molar refractivity (Wildman–Crippen MR) is 94.2 cm³/mol. The van der Waals surface area contributed by atoms with Crippen LogP contribution in [0, 0.1) is 5.82 Å². The third kappa shape index (κ3) is 2.93. The zero-order valence-electron chi connectivity index (χ0n) is 13.8. The van der Waals surface area contributed by atoms with Gasteiger partial charge >= 0.3 is 0 Å². The Labute approximate surface area is 157 Å². The average molecular weight is 395 g/mol. The van der Waals surface area contributed by atoms with Crippen molar-refractivity contribution in [3.63, 3.8) is 0 Å². The standard InChI is InChI=1S/C17H16ClFN4O4/c18-8-3-1-7(2-4-8)11(24)14-12(25)13(26)17(27-14)23-5-9(19)10-15(20)21-6-22-16(10)23/h1-6,11-14,17,24-26H,(H2,20,21,22)/t11?,12-,13+,14+,17+/m0/s1. The third-order valence-corrected chi connectivity index (χ3v) is 4.92. The Bertz CT molecular complexity index is 983. The highest BCUT2D eigenvalue weighted by Gasteiger charge is 2.47. The number of nitrogens with zero attached hydrogens (tertiary/aromatic N) is 3. The Hall–Kier alpha value is -2.30. The van der Waals surface area contributed by atoms with Gasteiger partial charge in [-0.25, -0.2) is 14.4 Å². The van der Waals surface area contributed by atoms with Crippen LogP contribution in [0.2, 0.25) is 5.02 Å². The summed E-state index contributed by atoms with van der Waals surface area (Å²) in [6, 6.07) is 6.34. The largest absolute Gasteiger partial charge is 0.387 e. The number of rotatable bonds is 3. The fraction of sp³-hybridized carbons (Fsp3) is 0.294. The van der Waals surface area contributed by atoms with E-state index in [1.54, 1.807) is 24.3 Å². The van der Waals surface area contributed by atoms with E-state index in [0.29, 0.717) is 10.6 Å². The topological polar surface area (TPSA) is 127 Å². The molecule has 3 heterocycles. The van der Waals surface area contributed by atoms with Gasteiger partial charge in [-0.2, -0.15) is 0 Å². The predicted octanol–water partition coefficient (Wildman–Crippen LogP) is 1.16. The van der Waals surface area contributed by atoms with Gasteiger partial charge in [-0.3, -0.25) is 0 Å². The molecule has 0 bridgehead atoms. The first kappa shape index (κ1) is 18.1. The molecular formula is C17H16ClFN4O4. The number of hydrogen-bond donors (Lipinski definition) is 4. The summed E-state index contributed by atoms with van der Waals surface area (Å²) in [5.74, 6) is -0.739. The highest BCUT2D eigenvalue weighted by Crippen LogP contribution is 2.38. The molecule has 2 aromatic heterocycles. The van der Waals surface area contributed by atoms with Crippen LogP contribution in [0.4, 0.5) is 10.2 Å². The van der Waals surface area contributed by atoms with E-state index < -0.39 is 36.5 Å². The van der Waals surface area contributed by atoms with E-state index in [-0.39, 0.29) is 16.9 Å². The minimum absolute atomic E-state index is 0.00973. The zero-order chi connectivity index (χ0) is 19.3. The molecule has 5 atom stereocenters. The number of fused-ring (bicyclic) bond motifs is 1. The highest BCUT2D eigenvalue weighted by molar-refractivity contribution is 6.30. The van der Waals surface area contributed by atoms with Crippen molar-refractivity contribution < 1.29 is 24.4 Å². The van der Waals surface area contributed by atoms with Crippen LogP contribution in [0.15, 0.2) is 36.8 Å². The Morgan fingerprint density at radius 2 is 1.89 bits per heavy atom. The van der Waals surface area contributed by atoms with Crippen molar-refractivity contribution in [3.05, 3.63) is 53.2 Å². The van der Waals surface area contributed by atoms with Crippen molar-refractivity contribution in [2.24, 2.45) is 0 Å². The van der Waals surface area contributed by atoms with Gasteiger partial charge in [0.15, 0.2) is 17.7 Å². The normalized spacial score (nSPS) is 26.6. The number of hydrogen-bond acceptors (Lipinski definition) is 7. The van der Waals surface area contributed by atoms with Crippen LogP contribution in [0.25, 0.3) is 11.0 Å². The van der Waals surface area contributed by atoms with E-state index in [2.05, 4.69) is 9.97 Å². The van der Waals surface area contributed by atoms with Gasteiger partial charge in [-0.1, -0.05) is 23.7 Å². The maximum atomic E-state index is 14.3. The first-order chi connectivity index (χ1) is 12.9. The summed E-state index contributed by atoms with van der Waals surface area (Å²) in [7, 11) is 0. The van der Waals surface area contributed by atoms with Crippen molar-refractivity contribution in [3.8, 4) is 0 Å². The van der Waals surface area contributed by atoms with E-state index in [9.17, 15) is 19.7 Å². The highest BCUT2D eigenvalue weighted by atomic mass is 35.5. The molecule has 27 heavy (non-hydrogen) atoms. The van der Waals surface area contributed by atoms with Gasteiger partial charge in [0.05, 0.1) is 5.39 Å². The summed E-state index contributed by atoms with van der Waals surface area (Å²) in [6.07, 6.45) is -4.18. The molecule has 0 aliphatic carbocycles. The summed E-state index contributed by atoms with van der Waals surface area (Å²) >= 11 is 5.84. The van der Waals surface area contributed by atoms with Crippen molar-refractivity contribution in [1.29, 1.82) is 0 Å². The van der Waals surface area contributed by atoms with Crippen LogP contribution < -0.4 is 5.73 Å². The van der Waals surface area contributed by atoms with Crippen molar-refractivity contribution >= 4 is 28.5 Å². The quantitative estimate of drug-likeness (QED) is 0.525. The average Bonchev–Trinajstić information content (AvgIpc) is 3.13.